The molecule has 0 amide bonds. The minimum Gasteiger partial charge on any atom is -0.303 e. The summed E-state index contributed by atoms with van der Waals surface area (Å²) in [5.41, 5.74) is 0.696. The molecule has 2 nitrogen and oxygen atoms in total. The minimum atomic E-state index is 0.349. The largest absolute Gasteiger partial charge is 0.303 e. The highest BCUT2D eigenvalue weighted by Gasteiger charge is 1.86. The summed E-state index contributed by atoms with van der Waals surface area (Å²) in [6.07, 6.45) is 4.25. The summed E-state index contributed by atoms with van der Waals surface area (Å²) in [4.78, 5) is 19.8. The third-order valence-electron chi connectivity index (χ3n) is 1.04. The van der Waals surface area contributed by atoms with Gasteiger partial charge in [-0.2, -0.15) is 0 Å². The Morgan fingerprint density at radius 3 is 2.44 bits per heavy atom. The average molecular weight is 126 g/mol. The van der Waals surface area contributed by atoms with Crippen LogP contribution in [0, 0.1) is 0 Å². The predicted molar refractivity (Wildman–Crippen MR) is 35.1 cm³/mol. The Hall–Kier alpha value is -0.920. The molecule has 0 fully saturated rings. The molecule has 0 unspecified atom stereocenters. The van der Waals surface area contributed by atoms with E-state index in [2.05, 4.69) is 0 Å². The van der Waals surface area contributed by atoms with Crippen LogP contribution in [0.3, 0.4) is 0 Å². The fourth-order valence-corrected chi connectivity index (χ4v) is 0.475. The van der Waals surface area contributed by atoms with Gasteiger partial charge >= 0.3 is 0 Å². The van der Waals surface area contributed by atoms with Crippen molar-refractivity contribution in [1.29, 1.82) is 0 Å². The van der Waals surface area contributed by atoms with E-state index >= 15 is 0 Å². The van der Waals surface area contributed by atoms with E-state index in [0.717, 1.165) is 12.6 Å². The van der Waals surface area contributed by atoms with Gasteiger partial charge in [-0.3, -0.25) is 4.79 Å². The lowest BCUT2D eigenvalue weighted by Crippen LogP contribution is -1.81. The van der Waals surface area contributed by atoms with Gasteiger partial charge in [0.2, 0.25) is 0 Å². The van der Waals surface area contributed by atoms with Crippen molar-refractivity contribution in [2.24, 2.45) is 0 Å². The average Bonchev–Trinajstić information content (AvgIpc) is 1.91. The molecule has 0 N–H and O–H groups in total. The van der Waals surface area contributed by atoms with Crippen molar-refractivity contribution in [3.05, 3.63) is 11.6 Å². The molecule has 0 radical (unpaired) electrons. The molecule has 0 heterocycles. The first-order valence-electron chi connectivity index (χ1n) is 2.93. The van der Waals surface area contributed by atoms with E-state index in [9.17, 15) is 9.59 Å². The molecule has 0 spiro atoms. The highest BCUT2D eigenvalue weighted by Crippen LogP contribution is 1.95. The Morgan fingerprint density at radius 1 is 1.44 bits per heavy atom. The second-order valence-electron chi connectivity index (χ2n) is 1.65. The van der Waals surface area contributed by atoms with Crippen LogP contribution in [-0.2, 0) is 9.59 Å². The zero-order valence-corrected chi connectivity index (χ0v) is 5.46. The summed E-state index contributed by atoms with van der Waals surface area (Å²) in [6.45, 7) is 1.88. The monoisotopic (exact) mass is 126 g/mol. The number of hydrogen-bond donors (Lipinski definition) is 0. The van der Waals surface area contributed by atoms with Crippen molar-refractivity contribution in [3.8, 4) is 0 Å². The summed E-state index contributed by atoms with van der Waals surface area (Å²) < 4.78 is 0. The standard InChI is InChI=1S/C7H10O2/c1-2-7(6-9)4-3-5-8/h4-6H,2-3H2,1H3. The van der Waals surface area contributed by atoms with Gasteiger partial charge in [-0.1, -0.05) is 13.0 Å². The third kappa shape index (κ3) is 3.64. The first-order chi connectivity index (χ1) is 4.35. The molecular weight excluding hydrogens is 116 g/mol. The lowest BCUT2D eigenvalue weighted by atomic mass is 10.2. The SMILES string of the molecule is CCC(C=O)=CCC=O. The second kappa shape index (κ2) is 5.22. The molecule has 0 aromatic heterocycles. The summed E-state index contributed by atoms with van der Waals surface area (Å²) >= 11 is 0. The Balaban J connectivity index is 3.74. The fourth-order valence-electron chi connectivity index (χ4n) is 0.475. The van der Waals surface area contributed by atoms with Crippen LogP contribution in [0.2, 0.25) is 0 Å². The maximum atomic E-state index is 10.1. The normalized spacial score (nSPS) is 11.0. The van der Waals surface area contributed by atoms with Crippen molar-refractivity contribution in [1.82, 2.24) is 0 Å². The molecule has 2 heteroatoms. The van der Waals surface area contributed by atoms with Crippen molar-refractivity contribution in [3.63, 3.8) is 0 Å². The molecule has 50 valence electrons. The molecule has 0 atom stereocenters. The predicted octanol–water partition coefficient (Wildman–Crippen LogP) is 1.11. The van der Waals surface area contributed by atoms with Crippen LogP contribution in [-0.4, -0.2) is 12.6 Å². The quantitative estimate of drug-likeness (QED) is 0.417. The highest BCUT2D eigenvalue weighted by atomic mass is 16.1. The Kier molecular flexibility index (Phi) is 4.69. The van der Waals surface area contributed by atoms with Gasteiger partial charge in [0.1, 0.15) is 12.6 Å². The van der Waals surface area contributed by atoms with Crippen LogP contribution < -0.4 is 0 Å². The Labute approximate surface area is 54.6 Å². The Morgan fingerprint density at radius 2 is 2.11 bits per heavy atom. The molecular formula is C7H10O2. The van der Waals surface area contributed by atoms with Crippen LogP contribution in [0.4, 0.5) is 0 Å². The molecule has 0 aliphatic heterocycles. The van der Waals surface area contributed by atoms with E-state index in [-0.39, 0.29) is 0 Å². The van der Waals surface area contributed by atoms with Gasteiger partial charge in [-0.05, 0) is 12.0 Å². The van der Waals surface area contributed by atoms with Gasteiger partial charge in [-0.25, -0.2) is 0 Å². The summed E-state index contributed by atoms with van der Waals surface area (Å²) in [5, 5.41) is 0. The van der Waals surface area contributed by atoms with E-state index in [1.54, 1.807) is 6.08 Å². The first kappa shape index (κ1) is 8.08. The number of rotatable bonds is 4. The van der Waals surface area contributed by atoms with E-state index in [1.807, 2.05) is 6.92 Å². The van der Waals surface area contributed by atoms with Crippen LogP contribution in [0.1, 0.15) is 19.8 Å². The van der Waals surface area contributed by atoms with Crippen LogP contribution in [0.15, 0.2) is 11.6 Å². The summed E-state index contributed by atoms with van der Waals surface area (Å²) in [7, 11) is 0. The zero-order chi connectivity index (χ0) is 7.11. The lowest BCUT2D eigenvalue weighted by molar-refractivity contribution is -0.107. The molecule has 0 rings (SSSR count). The fraction of sp³-hybridized carbons (Fsp3) is 0.429. The zero-order valence-electron chi connectivity index (χ0n) is 5.46. The number of hydrogen-bond acceptors (Lipinski definition) is 2. The molecule has 0 bridgehead atoms. The van der Waals surface area contributed by atoms with Crippen LogP contribution in [0.25, 0.3) is 0 Å². The maximum absolute atomic E-state index is 10.1. The van der Waals surface area contributed by atoms with Gasteiger partial charge in [0.15, 0.2) is 0 Å². The highest BCUT2D eigenvalue weighted by molar-refractivity contribution is 5.73. The lowest BCUT2D eigenvalue weighted by Gasteiger charge is -1.87. The van der Waals surface area contributed by atoms with Gasteiger partial charge in [0, 0.05) is 6.42 Å². The molecule has 0 aromatic rings. The summed E-state index contributed by atoms with van der Waals surface area (Å²) in [6, 6.07) is 0. The van der Waals surface area contributed by atoms with Gasteiger partial charge in [0.25, 0.3) is 0 Å². The topological polar surface area (TPSA) is 34.1 Å². The van der Waals surface area contributed by atoms with Crippen molar-refractivity contribution >= 4 is 12.6 Å². The summed E-state index contributed by atoms with van der Waals surface area (Å²) in [5.74, 6) is 0. The van der Waals surface area contributed by atoms with Gasteiger partial charge < -0.3 is 4.79 Å². The van der Waals surface area contributed by atoms with Crippen LogP contribution >= 0.6 is 0 Å². The van der Waals surface area contributed by atoms with Gasteiger partial charge in [0.05, 0.1) is 0 Å². The van der Waals surface area contributed by atoms with Crippen molar-refractivity contribution < 1.29 is 9.59 Å². The van der Waals surface area contributed by atoms with Crippen molar-refractivity contribution in [2.75, 3.05) is 0 Å². The van der Waals surface area contributed by atoms with E-state index in [0.29, 0.717) is 18.4 Å². The molecule has 0 saturated heterocycles. The molecule has 0 aromatic carbocycles. The van der Waals surface area contributed by atoms with E-state index < -0.39 is 0 Å². The van der Waals surface area contributed by atoms with Crippen molar-refractivity contribution in [2.45, 2.75) is 19.8 Å². The van der Waals surface area contributed by atoms with E-state index in [4.69, 9.17) is 0 Å². The minimum absolute atomic E-state index is 0.349. The second-order valence-corrected chi connectivity index (χ2v) is 1.65. The number of aldehydes is 2. The molecule has 9 heavy (non-hydrogen) atoms. The Bertz CT molecular complexity index is 125. The molecule has 0 aliphatic carbocycles. The van der Waals surface area contributed by atoms with Gasteiger partial charge in [-0.15, -0.1) is 0 Å². The number of carbonyl (C=O) groups is 2. The van der Waals surface area contributed by atoms with Crippen LogP contribution in [0.5, 0.6) is 0 Å². The molecule has 0 aliphatic rings. The maximum Gasteiger partial charge on any atom is 0.145 e. The smallest absolute Gasteiger partial charge is 0.145 e. The number of carbonyl (C=O) groups excluding carboxylic acids is 2. The molecule has 0 saturated carbocycles. The number of allylic oxidation sites excluding steroid dienone is 2. The third-order valence-corrected chi connectivity index (χ3v) is 1.04. The first-order valence-corrected chi connectivity index (χ1v) is 2.93. The van der Waals surface area contributed by atoms with E-state index in [1.165, 1.54) is 0 Å².